The first-order valence-corrected chi connectivity index (χ1v) is 9.30. The molecule has 142 valence electrons. The number of imide groups is 1. The number of nitrogens with zero attached hydrogens (tertiary/aromatic N) is 3. The van der Waals surface area contributed by atoms with Gasteiger partial charge >= 0.3 is 0 Å². The number of fused-ring (bicyclic) bond motifs is 2. The first-order chi connectivity index (χ1) is 13.6. The van der Waals surface area contributed by atoms with Gasteiger partial charge in [-0.25, -0.2) is 4.98 Å². The Balaban J connectivity index is 1.46. The maximum Gasteiger partial charge on any atom is 0.261 e. The number of aryl methyl sites for hydroxylation is 1. The van der Waals surface area contributed by atoms with E-state index in [1.807, 2.05) is 28.8 Å². The summed E-state index contributed by atoms with van der Waals surface area (Å²) in [6, 6.07) is 14.4. The van der Waals surface area contributed by atoms with Gasteiger partial charge in [0.1, 0.15) is 0 Å². The van der Waals surface area contributed by atoms with E-state index in [2.05, 4.69) is 17.2 Å². The van der Waals surface area contributed by atoms with Gasteiger partial charge in [0.2, 0.25) is 11.9 Å². The second-order valence-electron chi connectivity index (χ2n) is 6.68. The highest BCUT2D eigenvalue weighted by atomic mass is 16.2. The average molecular weight is 376 g/mol. The molecule has 0 spiro atoms. The molecular weight excluding hydrogens is 356 g/mol. The van der Waals surface area contributed by atoms with Gasteiger partial charge in [-0.05, 0) is 30.7 Å². The summed E-state index contributed by atoms with van der Waals surface area (Å²) in [4.78, 5) is 42.9. The van der Waals surface area contributed by atoms with E-state index in [9.17, 15) is 14.4 Å². The third-order valence-electron chi connectivity index (χ3n) is 4.79. The third kappa shape index (κ3) is 3.05. The van der Waals surface area contributed by atoms with E-state index in [1.54, 1.807) is 24.3 Å². The van der Waals surface area contributed by atoms with Gasteiger partial charge in [-0.3, -0.25) is 24.6 Å². The second kappa shape index (κ2) is 7.26. The summed E-state index contributed by atoms with van der Waals surface area (Å²) in [7, 11) is 0. The van der Waals surface area contributed by atoms with Gasteiger partial charge in [-0.1, -0.05) is 31.2 Å². The quantitative estimate of drug-likeness (QED) is 0.670. The molecule has 1 N–H and O–H groups in total. The topological polar surface area (TPSA) is 84.3 Å². The van der Waals surface area contributed by atoms with Crippen LogP contribution in [0.4, 0.5) is 5.95 Å². The molecule has 0 atom stereocenters. The van der Waals surface area contributed by atoms with Crippen molar-refractivity contribution in [2.75, 3.05) is 11.9 Å². The molecule has 0 fully saturated rings. The molecule has 0 saturated heterocycles. The van der Waals surface area contributed by atoms with Crippen molar-refractivity contribution in [3.05, 3.63) is 59.7 Å². The molecular formula is C21H20N4O3. The summed E-state index contributed by atoms with van der Waals surface area (Å²) in [5.74, 6) is -0.516. The van der Waals surface area contributed by atoms with Crippen molar-refractivity contribution >= 4 is 34.7 Å². The molecule has 1 aromatic heterocycles. The van der Waals surface area contributed by atoms with Gasteiger partial charge in [0.05, 0.1) is 22.2 Å². The highest BCUT2D eigenvalue weighted by Crippen LogP contribution is 2.23. The SMILES string of the molecule is CCCn1c(NC(=O)CCN2C(=O)c3ccccc3C2=O)nc2ccccc21. The van der Waals surface area contributed by atoms with Crippen LogP contribution in [0.25, 0.3) is 11.0 Å². The minimum absolute atomic E-state index is 0.0147. The van der Waals surface area contributed by atoms with E-state index >= 15 is 0 Å². The van der Waals surface area contributed by atoms with Crippen molar-refractivity contribution in [3.8, 4) is 0 Å². The van der Waals surface area contributed by atoms with Crippen molar-refractivity contribution in [1.29, 1.82) is 0 Å². The number of carbonyl (C=O) groups is 3. The number of para-hydroxylation sites is 2. The molecule has 0 saturated carbocycles. The highest BCUT2D eigenvalue weighted by Gasteiger charge is 2.35. The van der Waals surface area contributed by atoms with E-state index in [-0.39, 0.29) is 30.7 Å². The van der Waals surface area contributed by atoms with E-state index in [4.69, 9.17) is 0 Å². The Morgan fingerprint density at radius 2 is 1.61 bits per heavy atom. The number of hydrogen-bond donors (Lipinski definition) is 1. The van der Waals surface area contributed by atoms with Crippen molar-refractivity contribution < 1.29 is 14.4 Å². The van der Waals surface area contributed by atoms with Crippen molar-refractivity contribution in [2.45, 2.75) is 26.3 Å². The molecule has 7 nitrogen and oxygen atoms in total. The Kier molecular flexibility index (Phi) is 4.65. The van der Waals surface area contributed by atoms with Crippen LogP contribution in [0.5, 0.6) is 0 Å². The molecule has 0 aliphatic carbocycles. The first-order valence-electron chi connectivity index (χ1n) is 9.30. The minimum atomic E-state index is -0.355. The molecule has 0 bridgehead atoms. The van der Waals surface area contributed by atoms with Gasteiger partial charge in [0.25, 0.3) is 11.8 Å². The maximum absolute atomic E-state index is 12.5. The zero-order valence-electron chi connectivity index (χ0n) is 15.5. The van der Waals surface area contributed by atoms with Gasteiger partial charge in [-0.15, -0.1) is 0 Å². The van der Waals surface area contributed by atoms with Crippen LogP contribution in [0.2, 0.25) is 0 Å². The van der Waals surface area contributed by atoms with E-state index in [0.29, 0.717) is 17.1 Å². The van der Waals surface area contributed by atoms with Gasteiger partial charge in [0.15, 0.2) is 0 Å². The van der Waals surface area contributed by atoms with Gasteiger partial charge in [0, 0.05) is 19.5 Å². The number of benzene rings is 2. The molecule has 0 radical (unpaired) electrons. The number of amides is 3. The average Bonchev–Trinajstić information content (AvgIpc) is 3.16. The summed E-state index contributed by atoms with van der Waals surface area (Å²) in [6.45, 7) is 2.82. The summed E-state index contributed by atoms with van der Waals surface area (Å²) < 4.78 is 1.97. The molecule has 7 heteroatoms. The van der Waals surface area contributed by atoms with Crippen molar-refractivity contribution in [3.63, 3.8) is 0 Å². The summed E-state index contributed by atoms with van der Waals surface area (Å²) >= 11 is 0. The Bertz CT molecular complexity index is 1050. The summed E-state index contributed by atoms with van der Waals surface area (Å²) in [6.07, 6.45) is 0.916. The van der Waals surface area contributed by atoms with Gasteiger partial charge in [-0.2, -0.15) is 0 Å². The lowest BCUT2D eigenvalue weighted by Gasteiger charge is -2.14. The summed E-state index contributed by atoms with van der Waals surface area (Å²) in [5.41, 5.74) is 2.54. The molecule has 1 aliphatic rings. The lowest BCUT2D eigenvalue weighted by Crippen LogP contribution is -2.33. The first kappa shape index (κ1) is 17.9. The Hall–Kier alpha value is -3.48. The van der Waals surface area contributed by atoms with Crippen LogP contribution >= 0.6 is 0 Å². The number of anilines is 1. The highest BCUT2D eigenvalue weighted by molar-refractivity contribution is 6.21. The Morgan fingerprint density at radius 1 is 0.964 bits per heavy atom. The van der Waals surface area contributed by atoms with E-state index < -0.39 is 0 Å². The second-order valence-corrected chi connectivity index (χ2v) is 6.68. The molecule has 2 aromatic carbocycles. The summed E-state index contributed by atoms with van der Waals surface area (Å²) in [5, 5.41) is 2.82. The number of aromatic nitrogens is 2. The fourth-order valence-electron chi connectivity index (χ4n) is 3.46. The third-order valence-corrected chi connectivity index (χ3v) is 4.79. The molecule has 0 unspecified atom stereocenters. The number of imidazole rings is 1. The fraction of sp³-hybridized carbons (Fsp3) is 0.238. The van der Waals surface area contributed by atoms with Gasteiger partial charge < -0.3 is 4.57 Å². The zero-order chi connectivity index (χ0) is 19.7. The molecule has 28 heavy (non-hydrogen) atoms. The lowest BCUT2D eigenvalue weighted by atomic mass is 10.1. The van der Waals surface area contributed by atoms with Crippen LogP contribution in [-0.2, 0) is 11.3 Å². The molecule has 4 rings (SSSR count). The van der Waals surface area contributed by atoms with Crippen LogP contribution in [0, 0.1) is 0 Å². The van der Waals surface area contributed by atoms with Crippen LogP contribution in [-0.4, -0.2) is 38.7 Å². The molecule has 3 amide bonds. The zero-order valence-corrected chi connectivity index (χ0v) is 15.5. The largest absolute Gasteiger partial charge is 0.310 e. The van der Waals surface area contributed by atoms with E-state index in [0.717, 1.165) is 28.9 Å². The smallest absolute Gasteiger partial charge is 0.261 e. The number of carbonyl (C=O) groups excluding carboxylic acids is 3. The molecule has 3 aromatic rings. The number of hydrogen-bond acceptors (Lipinski definition) is 4. The van der Waals surface area contributed by atoms with Crippen LogP contribution < -0.4 is 5.32 Å². The minimum Gasteiger partial charge on any atom is -0.310 e. The van der Waals surface area contributed by atoms with Crippen LogP contribution in [0.3, 0.4) is 0 Å². The standard InChI is InChI=1S/C21H20N4O3/c1-2-12-24-17-10-6-5-9-16(17)22-21(24)23-18(26)11-13-25-19(27)14-7-3-4-8-15(14)20(25)28/h3-10H,2,11-13H2,1H3,(H,22,23,26). The maximum atomic E-state index is 12.5. The van der Waals surface area contributed by atoms with Crippen LogP contribution in [0.15, 0.2) is 48.5 Å². The van der Waals surface area contributed by atoms with Crippen LogP contribution in [0.1, 0.15) is 40.5 Å². The molecule has 2 heterocycles. The molecule has 1 aliphatic heterocycles. The van der Waals surface area contributed by atoms with E-state index in [1.165, 1.54) is 0 Å². The number of rotatable bonds is 6. The number of nitrogens with one attached hydrogen (secondary N) is 1. The normalized spacial score (nSPS) is 13.2. The lowest BCUT2D eigenvalue weighted by molar-refractivity contribution is -0.116. The van der Waals surface area contributed by atoms with Crippen molar-refractivity contribution in [1.82, 2.24) is 14.5 Å². The fourth-order valence-corrected chi connectivity index (χ4v) is 3.46. The monoisotopic (exact) mass is 376 g/mol. The predicted octanol–water partition coefficient (Wildman–Crippen LogP) is 3.07. The predicted molar refractivity (Wildman–Crippen MR) is 105 cm³/mol. The van der Waals surface area contributed by atoms with Crippen molar-refractivity contribution in [2.24, 2.45) is 0 Å². The Labute approximate surface area is 162 Å². The Morgan fingerprint density at radius 3 is 2.29 bits per heavy atom.